The molecule has 0 aliphatic carbocycles. The van der Waals surface area contributed by atoms with Crippen LogP contribution in [0.5, 0.6) is 0 Å². The van der Waals surface area contributed by atoms with Crippen LogP contribution in [0.15, 0.2) is 57.9 Å². The third-order valence-corrected chi connectivity index (χ3v) is 5.69. The second-order valence-electron chi connectivity index (χ2n) is 5.84. The lowest BCUT2D eigenvalue weighted by molar-refractivity contribution is -0.143. The van der Waals surface area contributed by atoms with Gasteiger partial charge in [0.25, 0.3) is 0 Å². The number of esters is 1. The van der Waals surface area contributed by atoms with Gasteiger partial charge in [-0.2, -0.15) is 0 Å². The van der Waals surface area contributed by atoms with Crippen LogP contribution in [0.1, 0.15) is 12.5 Å². The molecule has 1 aliphatic rings. The topological polar surface area (TPSA) is 41.6 Å². The third kappa shape index (κ3) is 5.00. The van der Waals surface area contributed by atoms with Crippen molar-refractivity contribution < 1.29 is 9.53 Å². The Hall–Kier alpha value is -1.50. The van der Waals surface area contributed by atoms with E-state index in [2.05, 4.69) is 49.8 Å². The van der Waals surface area contributed by atoms with Gasteiger partial charge in [0.15, 0.2) is 0 Å². The van der Waals surface area contributed by atoms with Gasteiger partial charge in [0.2, 0.25) is 0 Å². The highest BCUT2D eigenvalue weighted by molar-refractivity contribution is 9.10. The molecule has 0 saturated heterocycles. The van der Waals surface area contributed by atoms with Crippen LogP contribution in [-0.2, 0) is 16.0 Å². The molecule has 0 amide bonds. The SMILES string of the molecule is CCOC(=O)CN1Sc2cc(Br)ccc2NCC1Cc1ccccc1. The quantitative estimate of drug-likeness (QED) is 0.574. The van der Waals surface area contributed by atoms with Gasteiger partial charge in [-0.3, -0.25) is 4.79 Å². The number of anilines is 1. The van der Waals surface area contributed by atoms with E-state index in [9.17, 15) is 4.79 Å². The predicted molar refractivity (Wildman–Crippen MR) is 106 cm³/mol. The molecule has 1 aliphatic heterocycles. The maximum Gasteiger partial charge on any atom is 0.321 e. The van der Waals surface area contributed by atoms with Crippen molar-refractivity contribution in [3.8, 4) is 0 Å². The smallest absolute Gasteiger partial charge is 0.321 e. The van der Waals surface area contributed by atoms with Gasteiger partial charge >= 0.3 is 5.97 Å². The Morgan fingerprint density at radius 2 is 2.12 bits per heavy atom. The third-order valence-electron chi connectivity index (χ3n) is 4.00. The molecule has 1 unspecified atom stereocenters. The number of hydrogen-bond acceptors (Lipinski definition) is 5. The zero-order valence-electron chi connectivity index (χ0n) is 14.1. The highest BCUT2D eigenvalue weighted by Gasteiger charge is 2.27. The number of ether oxygens (including phenoxy) is 1. The van der Waals surface area contributed by atoms with E-state index in [0.29, 0.717) is 6.61 Å². The number of carbonyl (C=O) groups excluding carboxylic acids is 1. The first-order valence-electron chi connectivity index (χ1n) is 8.33. The van der Waals surface area contributed by atoms with Crippen LogP contribution >= 0.6 is 27.9 Å². The number of rotatable bonds is 5. The molecule has 0 aromatic heterocycles. The summed E-state index contributed by atoms with van der Waals surface area (Å²) >= 11 is 5.14. The van der Waals surface area contributed by atoms with Crippen molar-refractivity contribution in [2.45, 2.75) is 24.3 Å². The van der Waals surface area contributed by atoms with Gasteiger partial charge in [-0.05, 0) is 49.1 Å². The predicted octanol–water partition coefficient (Wildman–Crippen LogP) is 4.36. The summed E-state index contributed by atoms with van der Waals surface area (Å²) in [6.45, 7) is 3.28. The van der Waals surface area contributed by atoms with Gasteiger partial charge in [0.1, 0.15) is 6.54 Å². The largest absolute Gasteiger partial charge is 0.465 e. The molecular formula is C19H21BrN2O2S. The zero-order chi connectivity index (χ0) is 17.6. The fourth-order valence-corrected chi connectivity index (χ4v) is 4.46. The Balaban J connectivity index is 1.83. The molecule has 1 N–H and O–H groups in total. The van der Waals surface area contributed by atoms with E-state index in [1.165, 1.54) is 5.56 Å². The van der Waals surface area contributed by atoms with E-state index in [4.69, 9.17) is 4.74 Å². The number of benzene rings is 2. The summed E-state index contributed by atoms with van der Waals surface area (Å²) in [5, 5.41) is 3.52. The van der Waals surface area contributed by atoms with Crippen molar-refractivity contribution in [1.82, 2.24) is 4.31 Å². The first kappa shape index (κ1) is 18.3. The molecular weight excluding hydrogens is 400 g/mol. The summed E-state index contributed by atoms with van der Waals surface area (Å²) in [7, 11) is 0. The van der Waals surface area contributed by atoms with Gasteiger partial charge in [-0.1, -0.05) is 46.3 Å². The van der Waals surface area contributed by atoms with Crippen molar-refractivity contribution in [2.24, 2.45) is 0 Å². The lowest BCUT2D eigenvalue weighted by atomic mass is 10.1. The van der Waals surface area contributed by atoms with Crippen LogP contribution in [0.25, 0.3) is 0 Å². The highest BCUT2D eigenvalue weighted by atomic mass is 79.9. The second-order valence-corrected chi connectivity index (χ2v) is 7.84. The fraction of sp³-hybridized carbons (Fsp3) is 0.316. The van der Waals surface area contributed by atoms with Crippen molar-refractivity contribution in [3.63, 3.8) is 0 Å². The van der Waals surface area contributed by atoms with E-state index in [1.807, 2.05) is 31.2 Å². The molecule has 132 valence electrons. The molecule has 25 heavy (non-hydrogen) atoms. The van der Waals surface area contributed by atoms with Crippen LogP contribution in [0, 0.1) is 0 Å². The maximum absolute atomic E-state index is 12.1. The average Bonchev–Trinajstić information content (AvgIpc) is 2.75. The van der Waals surface area contributed by atoms with Crippen LogP contribution < -0.4 is 5.32 Å². The first-order valence-corrected chi connectivity index (χ1v) is 9.90. The number of carbonyl (C=O) groups is 1. The van der Waals surface area contributed by atoms with Gasteiger partial charge in [-0.25, -0.2) is 4.31 Å². The van der Waals surface area contributed by atoms with Crippen molar-refractivity contribution in [1.29, 1.82) is 0 Å². The van der Waals surface area contributed by atoms with E-state index >= 15 is 0 Å². The molecule has 6 heteroatoms. The molecule has 4 nitrogen and oxygen atoms in total. The molecule has 0 bridgehead atoms. The number of hydrogen-bond donors (Lipinski definition) is 1. The lowest BCUT2D eigenvalue weighted by Gasteiger charge is -2.27. The average molecular weight is 421 g/mol. The van der Waals surface area contributed by atoms with Gasteiger partial charge in [-0.15, -0.1) is 0 Å². The molecule has 0 radical (unpaired) electrons. The van der Waals surface area contributed by atoms with Gasteiger partial charge in [0.05, 0.1) is 6.61 Å². The van der Waals surface area contributed by atoms with Crippen molar-refractivity contribution in [2.75, 3.05) is 25.0 Å². The summed E-state index contributed by atoms with van der Waals surface area (Å²) in [6, 6.07) is 16.7. The van der Waals surface area contributed by atoms with E-state index in [-0.39, 0.29) is 18.6 Å². The van der Waals surface area contributed by atoms with Crippen LogP contribution in [0.4, 0.5) is 5.69 Å². The zero-order valence-corrected chi connectivity index (χ0v) is 16.5. The van der Waals surface area contributed by atoms with Crippen molar-refractivity contribution in [3.05, 3.63) is 58.6 Å². The Morgan fingerprint density at radius 1 is 1.32 bits per heavy atom. The van der Waals surface area contributed by atoms with E-state index in [1.54, 1.807) is 11.9 Å². The summed E-state index contributed by atoms with van der Waals surface area (Å²) < 4.78 is 8.33. The Morgan fingerprint density at radius 3 is 2.88 bits per heavy atom. The minimum atomic E-state index is -0.188. The Bertz CT molecular complexity index is 727. The van der Waals surface area contributed by atoms with Crippen LogP contribution in [-0.4, -0.2) is 36.0 Å². The van der Waals surface area contributed by atoms with Crippen molar-refractivity contribution >= 4 is 39.5 Å². The van der Waals surface area contributed by atoms with E-state index < -0.39 is 0 Å². The maximum atomic E-state index is 12.1. The highest BCUT2D eigenvalue weighted by Crippen LogP contribution is 2.36. The molecule has 0 fully saturated rings. The van der Waals surface area contributed by atoms with Gasteiger partial charge < -0.3 is 10.1 Å². The monoisotopic (exact) mass is 420 g/mol. The summed E-state index contributed by atoms with van der Waals surface area (Å²) in [5.41, 5.74) is 2.36. The summed E-state index contributed by atoms with van der Waals surface area (Å²) in [4.78, 5) is 13.2. The first-order chi connectivity index (χ1) is 12.2. The Kier molecular flexibility index (Phi) is 6.39. The standard InChI is InChI=1S/C19H21BrN2O2S/c1-2-24-19(23)13-22-16(10-14-6-4-3-5-7-14)12-21-17-9-8-15(20)11-18(17)25-22/h3-9,11,16,21H,2,10,12-13H2,1H3. The molecule has 2 aromatic carbocycles. The normalized spacial score (nSPS) is 17.3. The molecule has 0 saturated carbocycles. The van der Waals surface area contributed by atoms with Crippen LogP contribution in [0.3, 0.4) is 0 Å². The number of fused-ring (bicyclic) bond motifs is 1. The minimum Gasteiger partial charge on any atom is -0.465 e. The fourth-order valence-electron chi connectivity index (χ4n) is 2.80. The van der Waals surface area contributed by atoms with Gasteiger partial charge in [0, 0.05) is 27.6 Å². The summed E-state index contributed by atoms with van der Waals surface area (Å²) in [6.07, 6.45) is 0.870. The van der Waals surface area contributed by atoms with E-state index in [0.717, 1.165) is 28.0 Å². The number of halogens is 1. The number of nitrogens with one attached hydrogen (secondary N) is 1. The Labute approximate surface area is 161 Å². The molecule has 3 rings (SSSR count). The second kappa shape index (κ2) is 8.74. The summed E-state index contributed by atoms with van der Waals surface area (Å²) in [5.74, 6) is -0.188. The molecule has 2 aromatic rings. The van der Waals surface area contributed by atoms with Crippen LogP contribution in [0.2, 0.25) is 0 Å². The molecule has 1 atom stereocenters. The minimum absolute atomic E-state index is 0.183. The molecule has 1 heterocycles. The lowest BCUT2D eigenvalue weighted by Crippen LogP contribution is -2.39. The molecule has 0 spiro atoms. The number of nitrogens with zero attached hydrogens (tertiary/aromatic N) is 1.